The molecule has 0 amide bonds. The lowest BCUT2D eigenvalue weighted by Gasteiger charge is -2.45. The second-order valence-electron chi connectivity index (χ2n) is 5.97. The summed E-state index contributed by atoms with van der Waals surface area (Å²) in [6.07, 6.45) is 4.30. The Morgan fingerprint density at radius 3 is 2.64 bits per heavy atom. The predicted octanol–water partition coefficient (Wildman–Crippen LogP) is 0.103. The van der Waals surface area contributed by atoms with Crippen molar-refractivity contribution in [3.05, 3.63) is 26.4 Å². The van der Waals surface area contributed by atoms with E-state index in [9.17, 15) is 14.9 Å². The number of hydrogen-bond acceptors (Lipinski definition) is 5. The first-order valence-electron chi connectivity index (χ1n) is 7.64. The molecule has 1 aromatic heterocycles. The molecule has 2 aliphatic rings. The number of hydrogen-bond donors (Lipinski definition) is 0. The minimum Gasteiger partial charge on any atom is -0.374 e. The standard InChI is InChI=1S/C15H20N4O3/c1-17-13(10(9-16)14(20)18(2)15(17)21)19-7-8-22-12-6-4-3-5-11(12)19/h11-12H,3-8H2,1-2H3. The number of morpholine rings is 1. The summed E-state index contributed by atoms with van der Waals surface area (Å²) in [7, 11) is 3.02. The highest BCUT2D eigenvalue weighted by atomic mass is 16.5. The Kier molecular flexibility index (Phi) is 3.79. The van der Waals surface area contributed by atoms with Crippen LogP contribution in [0, 0.1) is 11.3 Å². The van der Waals surface area contributed by atoms with Crippen molar-refractivity contribution in [1.29, 1.82) is 5.26 Å². The topological polar surface area (TPSA) is 80.3 Å². The van der Waals surface area contributed by atoms with Crippen LogP contribution >= 0.6 is 0 Å². The number of nitriles is 1. The minimum atomic E-state index is -0.528. The summed E-state index contributed by atoms with van der Waals surface area (Å²) in [5, 5.41) is 9.43. The van der Waals surface area contributed by atoms with Gasteiger partial charge in [0.2, 0.25) is 0 Å². The molecule has 0 N–H and O–H groups in total. The first kappa shape index (κ1) is 14.9. The summed E-state index contributed by atoms with van der Waals surface area (Å²) < 4.78 is 8.24. The highest BCUT2D eigenvalue weighted by Gasteiger charge is 2.37. The molecule has 7 nitrogen and oxygen atoms in total. The third kappa shape index (κ3) is 2.15. The molecule has 22 heavy (non-hydrogen) atoms. The molecule has 1 saturated heterocycles. The Morgan fingerprint density at radius 2 is 1.91 bits per heavy atom. The smallest absolute Gasteiger partial charge is 0.332 e. The van der Waals surface area contributed by atoms with E-state index in [4.69, 9.17) is 4.74 Å². The fraction of sp³-hybridized carbons (Fsp3) is 0.667. The zero-order valence-electron chi connectivity index (χ0n) is 12.9. The van der Waals surface area contributed by atoms with Crippen molar-refractivity contribution in [2.24, 2.45) is 14.1 Å². The van der Waals surface area contributed by atoms with Crippen LogP contribution in [0.4, 0.5) is 5.82 Å². The molecule has 118 valence electrons. The van der Waals surface area contributed by atoms with E-state index in [1.807, 2.05) is 11.0 Å². The van der Waals surface area contributed by atoms with Crippen molar-refractivity contribution >= 4 is 5.82 Å². The van der Waals surface area contributed by atoms with E-state index in [-0.39, 0.29) is 17.7 Å². The second kappa shape index (κ2) is 5.61. The van der Waals surface area contributed by atoms with E-state index in [0.717, 1.165) is 30.3 Å². The minimum absolute atomic E-state index is 0.0378. The Bertz CT molecular complexity index is 741. The van der Waals surface area contributed by atoms with E-state index in [2.05, 4.69) is 0 Å². The van der Waals surface area contributed by atoms with Crippen molar-refractivity contribution in [2.45, 2.75) is 37.8 Å². The van der Waals surface area contributed by atoms with Crippen LogP contribution in [-0.4, -0.2) is 34.4 Å². The van der Waals surface area contributed by atoms with Gasteiger partial charge in [-0.15, -0.1) is 0 Å². The Balaban J connectivity index is 2.17. The third-order valence-electron chi connectivity index (χ3n) is 4.75. The van der Waals surface area contributed by atoms with Crippen LogP contribution in [-0.2, 0) is 18.8 Å². The SMILES string of the molecule is Cn1c(N2CCOC3CCCCC32)c(C#N)c(=O)n(C)c1=O. The van der Waals surface area contributed by atoms with E-state index in [1.54, 1.807) is 7.05 Å². The van der Waals surface area contributed by atoms with Gasteiger partial charge in [-0.3, -0.25) is 13.9 Å². The van der Waals surface area contributed by atoms with Gasteiger partial charge in [0.25, 0.3) is 5.56 Å². The maximum Gasteiger partial charge on any atom is 0.332 e. The van der Waals surface area contributed by atoms with Gasteiger partial charge in [-0.05, 0) is 12.8 Å². The van der Waals surface area contributed by atoms with E-state index < -0.39 is 11.2 Å². The molecule has 1 aliphatic carbocycles. The molecule has 2 heterocycles. The number of fused-ring (bicyclic) bond motifs is 1. The predicted molar refractivity (Wildman–Crippen MR) is 81.0 cm³/mol. The van der Waals surface area contributed by atoms with Gasteiger partial charge in [0.15, 0.2) is 5.56 Å². The van der Waals surface area contributed by atoms with Gasteiger partial charge < -0.3 is 9.64 Å². The molecule has 1 saturated carbocycles. The second-order valence-corrected chi connectivity index (χ2v) is 5.97. The summed E-state index contributed by atoms with van der Waals surface area (Å²) in [5.41, 5.74) is -0.895. The third-order valence-corrected chi connectivity index (χ3v) is 4.75. The van der Waals surface area contributed by atoms with Gasteiger partial charge >= 0.3 is 5.69 Å². The maximum absolute atomic E-state index is 12.3. The van der Waals surface area contributed by atoms with Gasteiger partial charge in [-0.2, -0.15) is 5.26 Å². The Hall–Kier alpha value is -2.07. The van der Waals surface area contributed by atoms with Crippen molar-refractivity contribution in [3.63, 3.8) is 0 Å². The Labute approximate surface area is 128 Å². The lowest BCUT2D eigenvalue weighted by atomic mass is 9.90. The largest absolute Gasteiger partial charge is 0.374 e. The highest BCUT2D eigenvalue weighted by molar-refractivity contribution is 5.54. The maximum atomic E-state index is 12.3. The van der Waals surface area contributed by atoms with Crippen LogP contribution in [0.1, 0.15) is 31.2 Å². The fourth-order valence-corrected chi connectivity index (χ4v) is 3.63. The summed E-state index contributed by atoms with van der Waals surface area (Å²) >= 11 is 0. The van der Waals surface area contributed by atoms with E-state index in [0.29, 0.717) is 19.0 Å². The normalized spacial score (nSPS) is 24.7. The Morgan fingerprint density at radius 1 is 1.18 bits per heavy atom. The van der Waals surface area contributed by atoms with Crippen molar-refractivity contribution in [3.8, 4) is 6.07 Å². The lowest BCUT2D eigenvalue weighted by molar-refractivity contribution is -0.00930. The number of anilines is 1. The van der Waals surface area contributed by atoms with Gasteiger partial charge in [0.05, 0.1) is 18.8 Å². The first-order chi connectivity index (χ1) is 10.6. The van der Waals surface area contributed by atoms with E-state index >= 15 is 0 Å². The molecule has 2 fully saturated rings. The van der Waals surface area contributed by atoms with Crippen LogP contribution in [0.2, 0.25) is 0 Å². The first-order valence-corrected chi connectivity index (χ1v) is 7.64. The van der Waals surface area contributed by atoms with Crippen LogP contribution in [0.15, 0.2) is 9.59 Å². The molecular weight excluding hydrogens is 284 g/mol. The molecule has 0 aromatic carbocycles. The van der Waals surface area contributed by atoms with E-state index in [1.165, 1.54) is 11.6 Å². The van der Waals surface area contributed by atoms with Crippen molar-refractivity contribution in [2.75, 3.05) is 18.1 Å². The molecule has 1 aromatic rings. The zero-order valence-corrected chi connectivity index (χ0v) is 12.9. The molecule has 2 atom stereocenters. The van der Waals surface area contributed by atoms with Crippen LogP contribution < -0.4 is 16.1 Å². The molecular formula is C15H20N4O3. The molecule has 0 bridgehead atoms. The number of aromatic nitrogens is 2. The molecule has 3 rings (SSSR count). The molecule has 0 spiro atoms. The van der Waals surface area contributed by atoms with Crippen LogP contribution in [0.25, 0.3) is 0 Å². The fourth-order valence-electron chi connectivity index (χ4n) is 3.63. The average molecular weight is 304 g/mol. The summed E-state index contributed by atoms with van der Waals surface area (Å²) in [6.45, 7) is 1.14. The monoisotopic (exact) mass is 304 g/mol. The summed E-state index contributed by atoms with van der Waals surface area (Å²) in [6, 6.07) is 2.12. The summed E-state index contributed by atoms with van der Waals surface area (Å²) in [5.74, 6) is 0.441. The quantitative estimate of drug-likeness (QED) is 0.735. The number of ether oxygens (including phenoxy) is 1. The average Bonchev–Trinajstić information content (AvgIpc) is 2.55. The number of rotatable bonds is 1. The van der Waals surface area contributed by atoms with Crippen LogP contribution in [0.3, 0.4) is 0 Å². The van der Waals surface area contributed by atoms with Crippen molar-refractivity contribution in [1.82, 2.24) is 9.13 Å². The van der Waals surface area contributed by atoms with Crippen molar-refractivity contribution < 1.29 is 4.74 Å². The lowest BCUT2D eigenvalue weighted by Crippen LogP contribution is -2.55. The highest BCUT2D eigenvalue weighted by Crippen LogP contribution is 2.32. The van der Waals surface area contributed by atoms with Gasteiger partial charge in [0, 0.05) is 20.6 Å². The molecule has 0 radical (unpaired) electrons. The molecule has 2 unspecified atom stereocenters. The number of nitrogens with zero attached hydrogens (tertiary/aromatic N) is 4. The van der Waals surface area contributed by atoms with Gasteiger partial charge in [-0.1, -0.05) is 12.8 Å². The zero-order chi connectivity index (χ0) is 15.9. The van der Waals surface area contributed by atoms with Crippen LogP contribution in [0.5, 0.6) is 0 Å². The van der Waals surface area contributed by atoms with Gasteiger partial charge in [0.1, 0.15) is 11.9 Å². The van der Waals surface area contributed by atoms with Gasteiger partial charge in [-0.25, -0.2) is 4.79 Å². The molecule has 1 aliphatic heterocycles. The molecule has 7 heteroatoms. The summed E-state index contributed by atoms with van der Waals surface area (Å²) in [4.78, 5) is 26.5.